The molecule has 114 valence electrons. The van der Waals surface area contributed by atoms with Gasteiger partial charge in [-0.15, -0.1) is 23.7 Å². The van der Waals surface area contributed by atoms with Crippen LogP contribution in [0.25, 0.3) is 0 Å². The highest BCUT2D eigenvalue weighted by molar-refractivity contribution is 7.09. The van der Waals surface area contributed by atoms with Gasteiger partial charge in [0.15, 0.2) is 0 Å². The number of carbonyl (C=O) groups excluding carboxylic acids is 1. The maximum Gasteiger partial charge on any atom is 0.273 e. The first-order chi connectivity index (χ1) is 9.74. The molecule has 0 atom stereocenters. The Balaban J connectivity index is 0.00000220. The van der Waals surface area contributed by atoms with Crippen molar-refractivity contribution < 1.29 is 4.79 Å². The van der Waals surface area contributed by atoms with Crippen LogP contribution < -0.4 is 5.73 Å². The number of carbonyl (C=O) groups is 1. The molecule has 0 aliphatic carbocycles. The van der Waals surface area contributed by atoms with Crippen molar-refractivity contribution in [2.45, 2.75) is 26.4 Å². The number of amides is 1. The normalized spacial score (nSPS) is 10.0. The quantitative estimate of drug-likeness (QED) is 0.888. The molecule has 1 heterocycles. The van der Waals surface area contributed by atoms with Crippen LogP contribution in [0.1, 0.15) is 34.4 Å². The molecule has 1 aromatic carbocycles. The molecule has 0 saturated heterocycles. The minimum atomic E-state index is -0.0216. The summed E-state index contributed by atoms with van der Waals surface area (Å²) in [6.07, 6.45) is 0.923. The molecular weight excluding hydrogens is 306 g/mol. The maximum absolute atomic E-state index is 12.5. The van der Waals surface area contributed by atoms with E-state index in [9.17, 15) is 4.79 Å². The van der Waals surface area contributed by atoms with Gasteiger partial charge in [0.1, 0.15) is 10.7 Å². The Morgan fingerprint density at radius 2 is 2.05 bits per heavy atom. The summed E-state index contributed by atoms with van der Waals surface area (Å²) in [7, 11) is 0. The van der Waals surface area contributed by atoms with Crippen LogP contribution in [0.4, 0.5) is 0 Å². The van der Waals surface area contributed by atoms with Crippen molar-refractivity contribution in [2.24, 2.45) is 5.73 Å². The van der Waals surface area contributed by atoms with Crippen LogP contribution >= 0.6 is 23.7 Å². The van der Waals surface area contributed by atoms with Gasteiger partial charge in [-0.25, -0.2) is 4.98 Å². The molecule has 0 spiro atoms. The zero-order valence-corrected chi connectivity index (χ0v) is 13.6. The van der Waals surface area contributed by atoms with Gasteiger partial charge in [0.2, 0.25) is 0 Å². The molecule has 2 N–H and O–H groups in total. The van der Waals surface area contributed by atoms with Gasteiger partial charge in [-0.05, 0) is 12.0 Å². The Bertz CT molecular complexity index is 559. The first-order valence-electron chi connectivity index (χ1n) is 6.72. The van der Waals surface area contributed by atoms with E-state index >= 15 is 0 Å². The number of benzene rings is 1. The fraction of sp³-hybridized carbons (Fsp3) is 0.333. The van der Waals surface area contributed by atoms with Gasteiger partial charge in [-0.2, -0.15) is 0 Å². The van der Waals surface area contributed by atoms with E-state index in [0.29, 0.717) is 18.8 Å². The molecule has 4 nitrogen and oxygen atoms in total. The summed E-state index contributed by atoms with van der Waals surface area (Å²) in [6, 6.07) is 10.0. The summed E-state index contributed by atoms with van der Waals surface area (Å²) < 4.78 is 0. The molecule has 1 aromatic heterocycles. The molecular formula is C15H20ClN3OS. The summed E-state index contributed by atoms with van der Waals surface area (Å²) >= 11 is 1.44. The van der Waals surface area contributed by atoms with Gasteiger partial charge in [-0.1, -0.05) is 37.3 Å². The van der Waals surface area contributed by atoms with Gasteiger partial charge >= 0.3 is 0 Å². The lowest BCUT2D eigenvalue weighted by Gasteiger charge is -2.21. The molecule has 2 rings (SSSR count). The Labute approximate surface area is 135 Å². The van der Waals surface area contributed by atoms with Crippen molar-refractivity contribution in [3.05, 3.63) is 52.0 Å². The lowest BCUT2D eigenvalue weighted by Crippen LogP contribution is -2.31. The summed E-state index contributed by atoms with van der Waals surface area (Å²) in [5.74, 6) is -0.0216. The fourth-order valence-electron chi connectivity index (χ4n) is 1.99. The maximum atomic E-state index is 12.5. The summed E-state index contributed by atoms with van der Waals surface area (Å²) in [6.45, 7) is 3.79. The molecule has 2 aromatic rings. The number of thiazole rings is 1. The predicted molar refractivity (Wildman–Crippen MR) is 88.7 cm³/mol. The van der Waals surface area contributed by atoms with Crippen LogP contribution in [0.3, 0.4) is 0 Å². The molecule has 0 aliphatic heterocycles. The first kappa shape index (κ1) is 17.6. The molecule has 1 amide bonds. The Morgan fingerprint density at radius 1 is 1.33 bits per heavy atom. The highest BCUT2D eigenvalue weighted by atomic mass is 35.5. The van der Waals surface area contributed by atoms with Crippen molar-refractivity contribution in [2.75, 3.05) is 6.54 Å². The highest BCUT2D eigenvalue weighted by Crippen LogP contribution is 2.14. The van der Waals surface area contributed by atoms with E-state index in [1.165, 1.54) is 11.3 Å². The molecule has 0 saturated carbocycles. The third-order valence-corrected chi connectivity index (χ3v) is 3.81. The average Bonchev–Trinajstić information content (AvgIpc) is 2.96. The zero-order valence-electron chi connectivity index (χ0n) is 12.0. The number of nitrogens with zero attached hydrogens (tertiary/aromatic N) is 2. The standard InChI is InChI=1S/C15H19N3OS.ClH/c1-2-8-18(10-12-6-4-3-5-7-12)15(19)13-11-20-14(9-16)17-13;/h3-7,11H,2,8-10,16H2,1H3;1H. The molecule has 0 fully saturated rings. The fourth-order valence-corrected chi connectivity index (χ4v) is 2.64. The molecule has 0 radical (unpaired) electrons. The first-order valence-corrected chi connectivity index (χ1v) is 7.60. The second kappa shape index (κ2) is 8.77. The van der Waals surface area contributed by atoms with Crippen LogP contribution in [-0.4, -0.2) is 22.3 Å². The number of halogens is 1. The Morgan fingerprint density at radius 3 is 2.62 bits per heavy atom. The number of hydrogen-bond donors (Lipinski definition) is 1. The summed E-state index contributed by atoms with van der Waals surface area (Å²) in [5.41, 5.74) is 7.17. The van der Waals surface area contributed by atoms with Gasteiger partial charge in [0.05, 0.1) is 0 Å². The largest absolute Gasteiger partial charge is 0.333 e. The van der Waals surface area contributed by atoms with E-state index in [2.05, 4.69) is 11.9 Å². The SMILES string of the molecule is CCCN(Cc1ccccc1)C(=O)c1csc(CN)n1.Cl. The highest BCUT2D eigenvalue weighted by Gasteiger charge is 2.18. The van der Waals surface area contributed by atoms with Gasteiger partial charge < -0.3 is 10.6 Å². The van der Waals surface area contributed by atoms with E-state index in [4.69, 9.17) is 5.73 Å². The van der Waals surface area contributed by atoms with E-state index in [1.54, 1.807) is 5.38 Å². The molecule has 6 heteroatoms. The third-order valence-electron chi connectivity index (χ3n) is 2.94. The van der Waals surface area contributed by atoms with Crippen LogP contribution in [-0.2, 0) is 13.1 Å². The topological polar surface area (TPSA) is 59.2 Å². The van der Waals surface area contributed by atoms with E-state index in [-0.39, 0.29) is 18.3 Å². The molecule has 0 unspecified atom stereocenters. The van der Waals surface area contributed by atoms with Crippen molar-refractivity contribution in [3.8, 4) is 0 Å². The summed E-state index contributed by atoms with van der Waals surface area (Å²) in [5, 5.41) is 2.59. The zero-order chi connectivity index (χ0) is 14.4. The number of rotatable bonds is 6. The smallest absolute Gasteiger partial charge is 0.273 e. The summed E-state index contributed by atoms with van der Waals surface area (Å²) in [4.78, 5) is 18.6. The number of nitrogens with two attached hydrogens (primary N) is 1. The van der Waals surface area contributed by atoms with Crippen LogP contribution in [0.2, 0.25) is 0 Å². The molecule has 0 bridgehead atoms. The van der Waals surface area contributed by atoms with Gasteiger partial charge in [0.25, 0.3) is 5.91 Å². The minimum absolute atomic E-state index is 0. The molecule has 21 heavy (non-hydrogen) atoms. The van der Waals surface area contributed by atoms with Crippen molar-refractivity contribution >= 4 is 29.7 Å². The van der Waals surface area contributed by atoms with Crippen molar-refractivity contribution in [1.82, 2.24) is 9.88 Å². The van der Waals surface area contributed by atoms with Crippen LogP contribution in [0.15, 0.2) is 35.7 Å². The van der Waals surface area contributed by atoms with E-state index < -0.39 is 0 Å². The third kappa shape index (κ3) is 4.81. The van der Waals surface area contributed by atoms with Crippen molar-refractivity contribution in [3.63, 3.8) is 0 Å². The van der Waals surface area contributed by atoms with Crippen LogP contribution in [0, 0.1) is 0 Å². The van der Waals surface area contributed by atoms with Crippen molar-refractivity contribution in [1.29, 1.82) is 0 Å². The Hall–Kier alpha value is -1.43. The average molecular weight is 326 g/mol. The van der Waals surface area contributed by atoms with E-state index in [1.807, 2.05) is 35.2 Å². The predicted octanol–water partition coefficient (Wildman–Crippen LogP) is 3.08. The lowest BCUT2D eigenvalue weighted by molar-refractivity contribution is 0.0738. The monoisotopic (exact) mass is 325 g/mol. The van der Waals surface area contributed by atoms with Gasteiger partial charge in [0, 0.05) is 25.0 Å². The second-order valence-corrected chi connectivity index (χ2v) is 5.49. The number of hydrogen-bond acceptors (Lipinski definition) is 4. The van der Waals surface area contributed by atoms with Crippen LogP contribution in [0.5, 0.6) is 0 Å². The molecule has 0 aliphatic rings. The van der Waals surface area contributed by atoms with E-state index in [0.717, 1.165) is 23.5 Å². The van der Waals surface area contributed by atoms with Gasteiger partial charge in [-0.3, -0.25) is 4.79 Å². The number of aromatic nitrogens is 1. The minimum Gasteiger partial charge on any atom is -0.333 e. The Kier molecular flexibility index (Phi) is 7.36. The second-order valence-electron chi connectivity index (χ2n) is 4.54. The lowest BCUT2D eigenvalue weighted by atomic mass is 10.2.